The fourth-order valence-electron chi connectivity index (χ4n) is 2.16. The highest BCUT2D eigenvalue weighted by atomic mass is 16.5. The van der Waals surface area contributed by atoms with E-state index in [1.54, 1.807) is 12.3 Å². The van der Waals surface area contributed by atoms with Crippen molar-refractivity contribution in [2.24, 2.45) is 0 Å². The van der Waals surface area contributed by atoms with Gasteiger partial charge in [0.2, 0.25) is 0 Å². The average Bonchev–Trinajstić information content (AvgIpc) is 2.38. The predicted molar refractivity (Wildman–Crippen MR) is 64.2 cm³/mol. The molecule has 0 aromatic carbocycles. The van der Waals surface area contributed by atoms with Crippen LogP contribution in [0.2, 0.25) is 0 Å². The Morgan fingerprint density at radius 2 is 2.24 bits per heavy atom. The summed E-state index contributed by atoms with van der Waals surface area (Å²) in [6.07, 6.45) is 1.57. The lowest BCUT2D eigenvalue weighted by Gasteiger charge is -2.33. The molecule has 0 amide bonds. The van der Waals surface area contributed by atoms with Crippen molar-refractivity contribution in [1.29, 1.82) is 5.26 Å². The summed E-state index contributed by atoms with van der Waals surface area (Å²) in [4.78, 5) is 6.34. The van der Waals surface area contributed by atoms with Crippen LogP contribution in [0.25, 0.3) is 0 Å². The monoisotopic (exact) mass is 232 g/mol. The van der Waals surface area contributed by atoms with Gasteiger partial charge in [-0.1, -0.05) is 0 Å². The lowest BCUT2D eigenvalue weighted by molar-refractivity contribution is 0.0199. The molecule has 2 rings (SSSR count). The molecular weight excluding hydrogens is 216 g/mol. The number of hydrogen-bond acceptors (Lipinski definition) is 5. The fraction of sp³-hybridized carbons (Fsp3) is 0.500. The van der Waals surface area contributed by atoms with Crippen molar-refractivity contribution in [2.45, 2.75) is 13.0 Å². The number of ether oxygens (including phenoxy) is 1. The molecule has 0 aliphatic carbocycles. The standard InChI is InChI=1S/C12H16N4O/c1-9(16-4-6-17-7-5-16)12-10(14)2-3-15-11(12)8-13/h2-3,9H,4-7H2,1H3,(H2,14,15). The maximum Gasteiger partial charge on any atom is 0.147 e. The van der Waals surface area contributed by atoms with Crippen LogP contribution in [0.5, 0.6) is 0 Å². The minimum Gasteiger partial charge on any atom is -0.398 e. The molecule has 1 fully saturated rings. The van der Waals surface area contributed by atoms with E-state index < -0.39 is 0 Å². The number of nitrogens with two attached hydrogens (primary N) is 1. The van der Waals surface area contributed by atoms with Gasteiger partial charge in [0.1, 0.15) is 11.8 Å². The molecule has 2 N–H and O–H groups in total. The molecule has 0 saturated carbocycles. The van der Waals surface area contributed by atoms with Crippen molar-refractivity contribution >= 4 is 5.69 Å². The van der Waals surface area contributed by atoms with Gasteiger partial charge in [-0.3, -0.25) is 4.90 Å². The third-order valence-electron chi connectivity index (χ3n) is 3.14. The highest BCUT2D eigenvalue weighted by Crippen LogP contribution is 2.27. The van der Waals surface area contributed by atoms with Gasteiger partial charge in [-0.2, -0.15) is 5.26 Å². The Morgan fingerprint density at radius 3 is 2.88 bits per heavy atom. The van der Waals surface area contributed by atoms with Gasteiger partial charge in [0.25, 0.3) is 0 Å². The molecule has 1 saturated heterocycles. The first-order chi connectivity index (χ1) is 8.24. The number of rotatable bonds is 2. The van der Waals surface area contributed by atoms with Crippen molar-refractivity contribution < 1.29 is 4.74 Å². The van der Waals surface area contributed by atoms with E-state index in [1.807, 2.05) is 0 Å². The van der Waals surface area contributed by atoms with Gasteiger partial charge >= 0.3 is 0 Å². The van der Waals surface area contributed by atoms with Gasteiger partial charge in [0.05, 0.1) is 13.2 Å². The van der Waals surface area contributed by atoms with E-state index in [0.29, 0.717) is 11.4 Å². The van der Waals surface area contributed by atoms with E-state index in [2.05, 4.69) is 22.9 Å². The number of nitrogens with zero attached hydrogens (tertiary/aromatic N) is 3. The second-order valence-corrected chi connectivity index (χ2v) is 4.10. The smallest absolute Gasteiger partial charge is 0.147 e. The molecule has 0 bridgehead atoms. The van der Waals surface area contributed by atoms with E-state index in [0.717, 1.165) is 31.9 Å². The molecule has 90 valence electrons. The van der Waals surface area contributed by atoms with Crippen molar-refractivity contribution in [2.75, 3.05) is 32.0 Å². The zero-order valence-electron chi connectivity index (χ0n) is 9.89. The average molecular weight is 232 g/mol. The number of pyridine rings is 1. The summed E-state index contributed by atoms with van der Waals surface area (Å²) < 4.78 is 5.32. The number of hydrogen-bond donors (Lipinski definition) is 1. The summed E-state index contributed by atoms with van der Waals surface area (Å²) in [5.41, 5.74) is 7.84. The second-order valence-electron chi connectivity index (χ2n) is 4.10. The molecule has 1 aromatic rings. The number of anilines is 1. The van der Waals surface area contributed by atoms with Crippen LogP contribution in [-0.4, -0.2) is 36.2 Å². The van der Waals surface area contributed by atoms with Crippen molar-refractivity contribution in [3.8, 4) is 6.07 Å². The Bertz CT molecular complexity index is 435. The van der Waals surface area contributed by atoms with Crippen LogP contribution >= 0.6 is 0 Å². The molecule has 0 radical (unpaired) electrons. The van der Waals surface area contributed by atoms with E-state index >= 15 is 0 Å². The van der Waals surface area contributed by atoms with Crippen LogP contribution in [0.4, 0.5) is 5.69 Å². The molecule has 1 atom stereocenters. The molecule has 17 heavy (non-hydrogen) atoms. The minimum atomic E-state index is 0.0993. The van der Waals surface area contributed by atoms with Crippen LogP contribution in [-0.2, 0) is 4.74 Å². The van der Waals surface area contributed by atoms with E-state index in [-0.39, 0.29) is 6.04 Å². The van der Waals surface area contributed by atoms with Gasteiger partial charge in [-0.05, 0) is 13.0 Å². The number of aromatic nitrogens is 1. The molecule has 5 nitrogen and oxygen atoms in total. The summed E-state index contributed by atoms with van der Waals surface area (Å²) in [5, 5.41) is 9.08. The summed E-state index contributed by atoms with van der Waals surface area (Å²) in [6, 6.07) is 3.95. The zero-order chi connectivity index (χ0) is 12.3. The fourth-order valence-corrected chi connectivity index (χ4v) is 2.16. The largest absolute Gasteiger partial charge is 0.398 e. The maximum absolute atomic E-state index is 9.08. The van der Waals surface area contributed by atoms with Crippen LogP contribution < -0.4 is 5.73 Å². The second kappa shape index (κ2) is 5.13. The Morgan fingerprint density at radius 1 is 1.53 bits per heavy atom. The van der Waals surface area contributed by atoms with Crippen molar-refractivity contribution in [1.82, 2.24) is 9.88 Å². The lowest BCUT2D eigenvalue weighted by atomic mass is 10.0. The summed E-state index contributed by atoms with van der Waals surface area (Å²) in [7, 11) is 0. The van der Waals surface area contributed by atoms with Gasteiger partial charge in [-0.25, -0.2) is 4.98 Å². The first kappa shape index (κ1) is 11.8. The van der Waals surface area contributed by atoms with E-state index in [9.17, 15) is 0 Å². The van der Waals surface area contributed by atoms with Gasteiger partial charge < -0.3 is 10.5 Å². The van der Waals surface area contributed by atoms with Crippen LogP contribution in [0.15, 0.2) is 12.3 Å². The molecular formula is C12H16N4O. The quantitative estimate of drug-likeness (QED) is 0.821. The molecule has 5 heteroatoms. The third kappa shape index (κ3) is 2.38. The topological polar surface area (TPSA) is 75.2 Å². The zero-order valence-corrected chi connectivity index (χ0v) is 9.89. The van der Waals surface area contributed by atoms with Crippen molar-refractivity contribution in [3.63, 3.8) is 0 Å². The first-order valence-electron chi connectivity index (χ1n) is 5.70. The summed E-state index contributed by atoms with van der Waals surface area (Å²) in [5.74, 6) is 0. The highest BCUT2D eigenvalue weighted by Gasteiger charge is 2.23. The van der Waals surface area contributed by atoms with Crippen LogP contribution in [0, 0.1) is 11.3 Å². The van der Waals surface area contributed by atoms with E-state index in [4.69, 9.17) is 15.7 Å². The predicted octanol–water partition coefficient (Wildman–Crippen LogP) is 0.929. The maximum atomic E-state index is 9.08. The minimum absolute atomic E-state index is 0.0993. The molecule has 2 heterocycles. The van der Waals surface area contributed by atoms with Gasteiger partial charge in [0, 0.05) is 36.6 Å². The van der Waals surface area contributed by atoms with E-state index in [1.165, 1.54) is 0 Å². The molecule has 1 unspecified atom stereocenters. The highest BCUT2D eigenvalue weighted by molar-refractivity contribution is 5.53. The summed E-state index contributed by atoms with van der Waals surface area (Å²) >= 11 is 0. The SMILES string of the molecule is CC(c1c(N)ccnc1C#N)N1CCOCC1. The summed E-state index contributed by atoms with van der Waals surface area (Å²) in [6.45, 7) is 5.24. The third-order valence-corrected chi connectivity index (χ3v) is 3.14. The number of nitriles is 1. The Balaban J connectivity index is 2.29. The lowest BCUT2D eigenvalue weighted by Crippen LogP contribution is -2.38. The first-order valence-corrected chi connectivity index (χ1v) is 5.70. The van der Waals surface area contributed by atoms with Crippen molar-refractivity contribution in [3.05, 3.63) is 23.5 Å². The van der Waals surface area contributed by atoms with Gasteiger partial charge in [-0.15, -0.1) is 0 Å². The molecule has 1 aromatic heterocycles. The molecule has 0 spiro atoms. The molecule has 1 aliphatic heterocycles. The number of morpholine rings is 1. The van der Waals surface area contributed by atoms with Crippen LogP contribution in [0.3, 0.4) is 0 Å². The Kier molecular flexibility index (Phi) is 3.57. The van der Waals surface area contributed by atoms with Crippen LogP contribution in [0.1, 0.15) is 24.2 Å². The molecule has 1 aliphatic rings. The normalized spacial score (nSPS) is 18.6. The van der Waals surface area contributed by atoms with Gasteiger partial charge in [0.15, 0.2) is 0 Å². The number of nitrogen functional groups attached to an aromatic ring is 1. The Hall–Kier alpha value is -1.64. The Labute approximate surface area is 101 Å².